The van der Waals surface area contributed by atoms with E-state index in [1.807, 2.05) is 12.1 Å². The molecule has 1 heterocycles. The van der Waals surface area contributed by atoms with Gasteiger partial charge in [-0.1, -0.05) is 24.1 Å². The molecule has 0 aliphatic heterocycles. The van der Waals surface area contributed by atoms with E-state index in [-0.39, 0.29) is 11.4 Å². The summed E-state index contributed by atoms with van der Waals surface area (Å²) in [5.41, 5.74) is 1.82. The first kappa shape index (κ1) is 18.6. The van der Waals surface area contributed by atoms with Gasteiger partial charge in [0.25, 0.3) is 5.89 Å². The number of benzene rings is 1. The minimum absolute atomic E-state index is 0.00596. The quantitative estimate of drug-likeness (QED) is 0.709. The molecule has 29 heavy (non-hydrogen) atoms. The van der Waals surface area contributed by atoms with Gasteiger partial charge in [0.15, 0.2) is 5.82 Å². The first-order chi connectivity index (χ1) is 14.2. The Balaban J connectivity index is 1.23. The molecule has 6 nitrogen and oxygen atoms in total. The van der Waals surface area contributed by atoms with Gasteiger partial charge in [0.05, 0.1) is 12.5 Å². The van der Waals surface area contributed by atoms with Gasteiger partial charge in [0.1, 0.15) is 0 Å². The lowest BCUT2D eigenvalue weighted by atomic mass is 9.58. The van der Waals surface area contributed by atoms with E-state index in [9.17, 15) is 4.79 Å². The van der Waals surface area contributed by atoms with E-state index < -0.39 is 0 Å². The third-order valence-corrected chi connectivity index (χ3v) is 7.22. The molecule has 2 bridgehead atoms. The second kappa shape index (κ2) is 7.47. The van der Waals surface area contributed by atoms with Crippen molar-refractivity contribution in [1.29, 1.82) is 0 Å². The molecule has 3 aliphatic rings. The van der Waals surface area contributed by atoms with Crippen LogP contribution in [-0.4, -0.2) is 29.8 Å². The van der Waals surface area contributed by atoms with Crippen LogP contribution in [-0.2, 0) is 9.53 Å². The van der Waals surface area contributed by atoms with Gasteiger partial charge in [0.2, 0.25) is 0 Å². The van der Waals surface area contributed by atoms with Crippen molar-refractivity contribution in [2.45, 2.75) is 57.3 Å². The number of aromatic nitrogens is 2. The molecular formula is C23H29N3O3. The summed E-state index contributed by atoms with van der Waals surface area (Å²) in [6, 6.07) is 8.22. The SMILES string of the molecule is COC(=O)C12CCCC(C1)C(CNc1cccc(-c3nc(C4CC4)no3)c1)CC2. The van der Waals surface area contributed by atoms with Crippen LogP contribution in [0.25, 0.3) is 11.5 Å². The highest BCUT2D eigenvalue weighted by molar-refractivity contribution is 5.77. The summed E-state index contributed by atoms with van der Waals surface area (Å²) >= 11 is 0. The second-order valence-corrected chi connectivity index (χ2v) is 9.12. The summed E-state index contributed by atoms with van der Waals surface area (Å²) < 4.78 is 10.6. The van der Waals surface area contributed by atoms with Crippen molar-refractivity contribution in [2.24, 2.45) is 17.3 Å². The van der Waals surface area contributed by atoms with Gasteiger partial charge >= 0.3 is 5.97 Å². The summed E-state index contributed by atoms with van der Waals surface area (Å²) in [5, 5.41) is 7.74. The molecule has 3 saturated carbocycles. The van der Waals surface area contributed by atoms with Crippen molar-refractivity contribution >= 4 is 11.7 Å². The summed E-state index contributed by atoms with van der Waals surface area (Å²) in [5.74, 6) is 3.14. The number of methoxy groups -OCH3 is 1. The van der Waals surface area contributed by atoms with E-state index in [4.69, 9.17) is 9.26 Å². The van der Waals surface area contributed by atoms with Crippen molar-refractivity contribution in [3.05, 3.63) is 30.1 Å². The molecule has 0 saturated heterocycles. The van der Waals surface area contributed by atoms with E-state index >= 15 is 0 Å². The van der Waals surface area contributed by atoms with E-state index in [2.05, 4.69) is 27.6 Å². The zero-order valence-corrected chi connectivity index (χ0v) is 17.0. The Bertz CT molecular complexity index is 891. The summed E-state index contributed by atoms with van der Waals surface area (Å²) in [4.78, 5) is 16.9. The number of rotatable bonds is 6. The Labute approximate surface area is 171 Å². The maximum absolute atomic E-state index is 12.3. The highest BCUT2D eigenvalue weighted by Crippen LogP contribution is 2.51. The third-order valence-electron chi connectivity index (χ3n) is 7.22. The molecule has 0 radical (unpaired) electrons. The molecule has 2 aromatic rings. The van der Waals surface area contributed by atoms with Crippen LogP contribution in [0.3, 0.4) is 0 Å². The average molecular weight is 396 g/mol. The first-order valence-electron chi connectivity index (χ1n) is 10.9. The Morgan fingerprint density at radius 1 is 1.28 bits per heavy atom. The standard InChI is InChI=1S/C23H29N3O3/c1-28-22(27)23-10-3-5-17(13-23)18(9-11-23)14-24-19-6-2-4-16(12-19)21-25-20(26-29-21)15-7-8-15/h2,4,6,12,15,17-18,24H,3,5,7-11,13-14H2,1H3. The molecule has 5 rings (SSSR count). The predicted octanol–water partition coefficient (Wildman–Crippen LogP) is 4.79. The normalized spacial score (nSPS) is 28.7. The van der Waals surface area contributed by atoms with Gasteiger partial charge in [-0.15, -0.1) is 0 Å². The number of anilines is 1. The number of nitrogens with zero attached hydrogens (tertiary/aromatic N) is 2. The zero-order chi connectivity index (χ0) is 19.8. The van der Waals surface area contributed by atoms with Crippen LogP contribution in [0.1, 0.15) is 63.1 Å². The van der Waals surface area contributed by atoms with Gasteiger partial charge < -0.3 is 14.6 Å². The minimum atomic E-state index is -0.217. The fourth-order valence-corrected chi connectivity index (χ4v) is 5.38. The average Bonchev–Trinajstić information content (AvgIpc) is 3.49. The van der Waals surface area contributed by atoms with Gasteiger partial charge in [-0.3, -0.25) is 4.79 Å². The molecule has 0 amide bonds. The number of esters is 1. The predicted molar refractivity (Wildman–Crippen MR) is 109 cm³/mol. The van der Waals surface area contributed by atoms with Crippen LogP contribution in [0.2, 0.25) is 0 Å². The maximum Gasteiger partial charge on any atom is 0.311 e. The number of ether oxygens (including phenoxy) is 1. The molecular weight excluding hydrogens is 366 g/mol. The van der Waals surface area contributed by atoms with Crippen LogP contribution < -0.4 is 5.32 Å². The van der Waals surface area contributed by atoms with Gasteiger partial charge in [-0.25, -0.2) is 0 Å². The van der Waals surface area contributed by atoms with Crippen molar-refractivity contribution in [3.63, 3.8) is 0 Å². The van der Waals surface area contributed by atoms with Gasteiger partial charge in [-0.2, -0.15) is 4.98 Å². The molecule has 3 atom stereocenters. The number of carbonyl (C=O) groups excluding carboxylic acids is 1. The lowest BCUT2D eigenvalue weighted by molar-refractivity contribution is -0.160. The molecule has 3 aliphatic carbocycles. The number of hydrogen-bond donors (Lipinski definition) is 1. The van der Waals surface area contributed by atoms with Gasteiger partial charge in [0, 0.05) is 23.7 Å². The molecule has 1 N–H and O–H groups in total. The van der Waals surface area contributed by atoms with Crippen molar-refractivity contribution in [3.8, 4) is 11.5 Å². The summed E-state index contributed by atoms with van der Waals surface area (Å²) in [6.07, 6.45) is 8.70. The monoisotopic (exact) mass is 395 g/mol. The number of fused-ring (bicyclic) bond motifs is 2. The van der Waals surface area contributed by atoms with E-state index in [0.29, 0.717) is 23.6 Å². The number of carbonyl (C=O) groups is 1. The summed E-state index contributed by atoms with van der Waals surface area (Å²) in [6.45, 7) is 0.933. The Hall–Kier alpha value is -2.37. The van der Waals surface area contributed by atoms with E-state index in [1.165, 1.54) is 26.4 Å². The molecule has 1 aromatic carbocycles. The minimum Gasteiger partial charge on any atom is -0.469 e. The van der Waals surface area contributed by atoms with Crippen LogP contribution in [0.4, 0.5) is 5.69 Å². The fraction of sp³-hybridized carbons (Fsp3) is 0.609. The van der Waals surface area contributed by atoms with Crippen LogP contribution >= 0.6 is 0 Å². The largest absolute Gasteiger partial charge is 0.469 e. The molecule has 154 valence electrons. The first-order valence-corrected chi connectivity index (χ1v) is 10.9. The van der Waals surface area contributed by atoms with Crippen molar-refractivity contribution < 1.29 is 14.1 Å². The summed E-state index contributed by atoms with van der Waals surface area (Å²) in [7, 11) is 1.53. The molecule has 0 spiro atoms. The topological polar surface area (TPSA) is 77.2 Å². The molecule has 3 fully saturated rings. The van der Waals surface area contributed by atoms with E-state index in [1.54, 1.807) is 0 Å². The maximum atomic E-state index is 12.3. The Kier molecular flexibility index (Phi) is 4.80. The second-order valence-electron chi connectivity index (χ2n) is 9.12. The van der Waals surface area contributed by atoms with Crippen molar-refractivity contribution in [2.75, 3.05) is 19.0 Å². The highest BCUT2D eigenvalue weighted by atomic mass is 16.5. The highest BCUT2D eigenvalue weighted by Gasteiger charge is 2.48. The molecule has 3 unspecified atom stereocenters. The third kappa shape index (κ3) is 3.65. The van der Waals surface area contributed by atoms with E-state index in [0.717, 1.165) is 55.7 Å². The lowest BCUT2D eigenvalue weighted by Crippen LogP contribution is -2.44. The zero-order valence-electron chi connectivity index (χ0n) is 17.0. The fourth-order valence-electron chi connectivity index (χ4n) is 5.38. The van der Waals surface area contributed by atoms with Crippen LogP contribution in [0.15, 0.2) is 28.8 Å². The van der Waals surface area contributed by atoms with Gasteiger partial charge in [-0.05, 0) is 68.6 Å². The lowest BCUT2D eigenvalue weighted by Gasteiger charge is -2.47. The number of nitrogens with one attached hydrogen (secondary N) is 1. The van der Waals surface area contributed by atoms with Crippen LogP contribution in [0.5, 0.6) is 0 Å². The van der Waals surface area contributed by atoms with Crippen LogP contribution in [0, 0.1) is 17.3 Å². The Morgan fingerprint density at radius 3 is 3.00 bits per heavy atom. The Morgan fingerprint density at radius 2 is 2.17 bits per heavy atom. The smallest absolute Gasteiger partial charge is 0.311 e. The molecule has 1 aromatic heterocycles. The molecule has 6 heteroatoms. The number of hydrogen-bond acceptors (Lipinski definition) is 6. The van der Waals surface area contributed by atoms with Crippen molar-refractivity contribution in [1.82, 2.24) is 10.1 Å².